The standard InChI is InChI=1S/C19H24N4O2/c1-4-17(24)20-14(3)15-10-13(2)12-23-18(25)11-16(21-19(15)23)22-8-6-5-7-9-22/h4,10-12,14H,1,5-9H2,2-3H3,(H,20,24). The zero-order chi connectivity index (χ0) is 18.0. The van der Waals surface area contributed by atoms with Crippen LogP contribution in [-0.4, -0.2) is 28.4 Å². The topological polar surface area (TPSA) is 66.7 Å². The molecule has 2 aromatic rings. The molecule has 1 fully saturated rings. The van der Waals surface area contributed by atoms with Crippen molar-refractivity contribution in [3.63, 3.8) is 0 Å². The number of hydrogen-bond acceptors (Lipinski definition) is 4. The summed E-state index contributed by atoms with van der Waals surface area (Å²) in [5.41, 5.74) is 2.26. The Kier molecular flexibility index (Phi) is 4.88. The van der Waals surface area contributed by atoms with Gasteiger partial charge in [0.2, 0.25) is 5.91 Å². The maximum Gasteiger partial charge on any atom is 0.259 e. The van der Waals surface area contributed by atoms with Crippen LogP contribution < -0.4 is 15.8 Å². The highest BCUT2D eigenvalue weighted by Gasteiger charge is 2.18. The average molecular weight is 340 g/mol. The number of fused-ring (bicyclic) bond motifs is 1. The molecule has 1 unspecified atom stereocenters. The summed E-state index contributed by atoms with van der Waals surface area (Å²) in [6, 6.07) is 3.30. The van der Waals surface area contributed by atoms with Gasteiger partial charge in [0.05, 0.1) is 6.04 Å². The zero-order valence-electron chi connectivity index (χ0n) is 14.8. The normalized spacial score (nSPS) is 15.8. The number of amides is 1. The highest BCUT2D eigenvalue weighted by Crippen LogP contribution is 2.22. The maximum absolute atomic E-state index is 12.6. The van der Waals surface area contributed by atoms with Crippen LogP contribution in [0.3, 0.4) is 0 Å². The summed E-state index contributed by atoms with van der Waals surface area (Å²) in [6.45, 7) is 9.14. The Morgan fingerprint density at radius 3 is 2.72 bits per heavy atom. The smallest absolute Gasteiger partial charge is 0.259 e. The van der Waals surface area contributed by atoms with Crippen LogP contribution >= 0.6 is 0 Å². The Balaban J connectivity index is 2.11. The molecule has 0 aliphatic carbocycles. The van der Waals surface area contributed by atoms with Gasteiger partial charge < -0.3 is 10.2 Å². The van der Waals surface area contributed by atoms with E-state index in [1.54, 1.807) is 16.7 Å². The lowest BCUT2D eigenvalue weighted by Gasteiger charge is -2.28. The first-order valence-corrected chi connectivity index (χ1v) is 8.71. The molecule has 0 aromatic carbocycles. The molecule has 1 atom stereocenters. The average Bonchev–Trinajstić information content (AvgIpc) is 2.62. The SMILES string of the molecule is C=CC(=O)NC(C)c1cc(C)cn2c(=O)cc(N3CCCCC3)nc12. The van der Waals surface area contributed by atoms with Crippen LogP contribution in [0, 0.1) is 6.92 Å². The van der Waals surface area contributed by atoms with Gasteiger partial charge in [0.15, 0.2) is 0 Å². The molecule has 3 heterocycles. The summed E-state index contributed by atoms with van der Waals surface area (Å²) in [6.07, 6.45) is 6.49. The van der Waals surface area contributed by atoms with Crippen LogP contribution in [0.4, 0.5) is 5.82 Å². The second-order valence-electron chi connectivity index (χ2n) is 6.60. The van der Waals surface area contributed by atoms with Crippen LogP contribution in [0.5, 0.6) is 0 Å². The van der Waals surface area contributed by atoms with Crippen LogP contribution in [0.15, 0.2) is 35.8 Å². The van der Waals surface area contributed by atoms with Crippen molar-refractivity contribution >= 4 is 17.4 Å². The Labute approximate surface area is 147 Å². The van der Waals surface area contributed by atoms with Gasteiger partial charge >= 0.3 is 0 Å². The van der Waals surface area contributed by atoms with Crippen molar-refractivity contribution in [1.29, 1.82) is 0 Å². The van der Waals surface area contributed by atoms with E-state index in [9.17, 15) is 9.59 Å². The van der Waals surface area contributed by atoms with Gasteiger partial charge in [0.25, 0.3) is 5.56 Å². The molecule has 0 radical (unpaired) electrons. The van der Waals surface area contributed by atoms with Gasteiger partial charge in [-0.05, 0) is 50.8 Å². The molecule has 1 saturated heterocycles. The zero-order valence-corrected chi connectivity index (χ0v) is 14.8. The van der Waals surface area contributed by atoms with E-state index in [1.807, 2.05) is 19.9 Å². The molecule has 1 aliphatic heterocycles. The van der Waals surface area contributed by atoms with E-state index in [0.717, 1.165) is 42.9 Å². The third kappa shape index (κ3) is 3.57. The fraction of sp³-hybridized carbons (Fsp3) is 0.421. The summed E-state index contributed by atoms with van der Waals surface area (Å²) in [5.74, 6) is 0.471. The number of pyridine rings is 1. The number of carbonyl (C=O) groups is 1. The first kappa shape index (κ1) is 17.2. The van der Waals surface area contributed by atoms with Crippen LogP contribution in [0.25, 0.3) is 5.65 Å². The minimum Gasteiger partial charge on any atom is -0.356 e. The number of aryl methyl sites for hydroxylation is 1. The molecule has 6 nitrogen and oxygen atoms in total. The number of hydrogen-bond donors (Lipinski definition) is 1. The number of piperidine rings is 1. The molecule has 0 saturated carbocycles. The monoisotopic (exact) mass is 340 g/mol. The minimum atomic E-state index is -0.274. The summed E-state index contributed by atoms with van der Waals surface area (Å²) >= 11 is 0. The lowest BCUT2D eigenvalue weighted by atomic mass is 10.1. The molecule has 1 aliphatic rings. The van der Waals surface area contributed by atoms with Crippen molar-refractivity contribution in [2.75, 3.05) is 18.0 Å². The summed E-state index contributed by atoms with van der Waals surface area (Å²) in [5, 5.41) is 2.86. The highest BCUT2D eigenvalue weighted by molar-refractivity contribution is 5.87. The van der Waals surface area contributed by atoms with E-state index in [-0.39, 0.29) is 17.5 Å². The Bertz CT molecular complexity index is 866. The van der Waals surface area contributed by atoms with E-state index >= 15 is 0 Å². The molecule has 25 heavy (non-hydrogen) atoms. The van der Waals surface area contributed by atoms with Gasteiger partial charge in [-0.2, -0.15) is 0 Å². The Morgan fingerprint density at radius 1 is 1.32 bits per heavy atom. The number of rotatable bonds is 4. The highest BCUT2D eigenvalue weighted by atomic mass is 16.1. The number of nitrogens with one attached hydrogen (secondary N) is 1. The third-order valence-corrected chi connectivity index (χ3v) is 4.60. The molecule has 0 spiro atoms. The molecule has 1 amide bonds. The fourth-order valence-electron chi connectivity index (χ4n) is 3.31. The van der Waals surface area contributed by atoms with E-state index in [1.165, 1.54) is 12.5 Å². The fourth-order valence-corrected chi connectivity index (χ4v) is 3.31. The maximum atomic E-state index is 12.6. The summed E-state index contributed by atoms with van der Waals surface area (Å²) < 4.78 is 1.56. The van der Waals surface area contributed by atoms with Crippen LogP contribution in [0.2, 0.25) is 0 Å². The molecular weight excluding hydrogens is 316 g/mol. The molecule has 0 bridgehead atoms. The van der Waals surface area contributed by atoms with Gasteiger partial charge in [-0.1, -0.05) is 6.58 Å². The van der Waals surface area contributed by atoms with Crippen molar-refractivity contribution in [3.8, 4) is 0 Å². The lowest BCUT2D eigenvalue weighted by molar-refractivity contribution is -0.117. The Morgan fingerprint density at radius 2 is 2.04 bits per heavy atom. The second kappa shape index (κ2) is 7.09. The van der Waals surface area contributed by atoms with E-state index < -0.39 is 0 Å². The second-order valence-corrected chi connectivity index (χ2v) is 6.60. The van der Waals surface area contributed by atoms with Crippen molar-refractivity contribution in [2.45, 2.75) is 39.2 Å². The van der Waals surface area contributed by atoms with Gasteiger partial charge in [-0.25, -0.2) is 4.98 Å². The van der Waals surface area contributed by atoms with Crippen molar-refractivity contribution in [3.05, 3.63) is 52.5 Å². The summed E-state index contributed by atoms with van der Waals surface area (Å²) in [7, 11) is 0. The Hall–Kier alpha value is -2.63. The van der Waals surface area contributed by atoms with Crippen LogP contribution in [-0.2, 0) is 4.79 Å². The van der Waals surface area contributed by atoms with Crippen molar-refractivity contribution in [2.24, 2.45) is 0 Å². The van der Waals surface area contributed by atoms with E-state index in [0.29, 0.717) is 5.65 Å². The lowest BCUT2D eigenvalue weighted by Crippen LogP contribution is -2.32. The predicted octanol–water partition coefficient (Wildman–Crippen LogP) is 2.36. The minimum absolute atomic E-state index is 0.0993. The number of nitrogens with zero attached hydrogens (tertiary/aromatic N) is 3. The van der Waals surface area contributed by atoms with Gasteiger partial charge in [-0.15, -0.1) is 0 Å². The number of carbonyl (C=O) groups excluding carboxylic acids is 1. The third-order valence-electron chi connectivity index (χ3n) is 4.60. The number of anilines is 1. The quantitative estimate of drug-likeness (QED) is 0.868. The molecule has 2 aromatic heterocycles. The number of aromatic nitrogens is 2. The first-order chi connectivity index (χ1) is 12.0. The van der Waals surface area contributed by atoms with Crippen molar-refractivity contribution in [1.82, 2.24) is 14.7 Å². The first-order valence-electron chi connectivity index (χ1n) is 8.71. The molecule has 3 rings (SSSR count). The molecule has 1 N–H and O–H groups in total. The van der Waals surface area contributed by atoms with Gasteiger partial charge in [-0.3, -0.25) is 14.0 Å². The molecule has 6 heteroatoms. The van der Waals surface area contributed by atoms with E-state index in [2.05, 4.69) is 16.8 Å². The van der Waals surface area contributed by atoms with Crippen LogP contribution in [0.1, 0.15) is 43.4 Å². The van der Waals surface area contributed by atoms with E-state index in [4.69, 9.17) is 4.98 Å². The molecular formula is C19H24N4O2. The predicted molar refractivity (Wildman–Crippen MR) is 99.0 cm³/mol. The van der Waals surface area contributed by atoms with Crippen molar-refractivity contribution < 1.29 is 4.79 Å². The largest absolute Gasteiger partial charge is 0.356 e. The van der Waals surface area contributed by atoms with Gasteiger partial charge in [0.1, 0.15) is 11.5 Å². The molecule has 132 valence electrons. The summed E-state index contributed by atoms with van der Waals surface area (Å²) in [4.78, 5) is 31.2. The van der Waals surface area contributed by atoms with Gasteiger partial charge in [0, 0.05) is 30.9 Å².